The highest BCUT2D eigenvalue weighted by Crippen LogP contribution is 2.37. The van der Waals surface area contributed by atoms with Crippen molar-refractivity contribution in [1.29, 1.82) is 5.26 Å². The van der Waals surface area contributed by atoms with Gasteiger partial charge in [-0.15, -0.1) is 0 Å². The molecule has 0 atom stereocenters. The molecule has 1 aliphatic carbocycles. The molecular weight excluding hydrogens is 588 g/mol. The van der Waals surface area contributed by atoms with Crippen molar-refractivity contribution in [3.8, 4) is 23.1 Å². The minimum Gasteiger partial charge on any atom is -0.489 e. The van der Waals surface area contributed by atoms with Crippen molar-refractivity contribution in [1.82, 2.24) is 19.2 Å². The third-order valence-corrected chi connectivity index (χ3v) is 9.53. The van der Waals surface area contributed by atoms with Gasteiger partial charge < -0.3 is 9.64 Å². The van der Waals surface area contributed by atoms with Crippen LogP contribution in [0.25, 0.3) is 22.9 Å². The standard InChI is InChI=1S/C31H33F2N7O3S/c32-30(33)19-38-11-13-39(14-12-38)25-4-1-21(2-5-25)23-16-27-28(17-23)36-20-37-31(27)22-3-6-29(24(15-22)18-34)43-26-7-9-40(10-8-26)44(35,41)42/h1-6,15-16,20,26,30H,7-14,17,19H2,(H2,35,41,42). The van der Waals surface area contributed by atoms with E-state index >= 15 is 0 Å². The highest BCUT2D eigenvalue weighted by molar-refractivity contribution is 7.86. The summed E-state index contributed by atoms with van der Waals surface area (Å²) in [6, 6.07) is 15.9. The number of benzene rings is 2. The molecule has 0 spiro atoms. The maximum Gasteiger partial charge on any atom is 0.276 e. The number of piperidine rings is 1. The van der Waals surface area contributed by atoms with Gasteiger partial charge in [0.05, 0.1) is 23.5 Å². The molecule has 1 aromatic heterocycles. The molecule has 3 aromatic rings. The lowest BCUT2D eigenvalue weighted by Crippen LogP contribution is -2.47. The molecule has 2 N–H and O–H groups in total. The average Bonchev–Trinajstić information content (AvgIpc) is 3.46. The number of alkyl halides is 2. The van der Waals surface area contributed by atoms with Gasteiger partial charge >= 0.3 is 0 Å². The molecule has 2 saturated heterocycles. The number of anilines is 1. The second kappa shape index (κ2) is 12.6. The van der Waals surface area contributed by atoms with Gasteiger partial charge in [0.2, 0.25) is 0 Å². The summed E-state index contributed by atoms with van der Waals surface area (Å²) in [7, 11) is -3.72. The Morgan fingerprint density at radius 1 is 1.00 bits per heavy atom. The molecule has 13 heteroatoms. The molecule has 0 radical (unpaired) electrons. The fourth-order valence-corrected chi connectivity index (χ4v) is 6.79. The van der Waals surface area contributed by atoms with E-state index in [0.717, 1.165) is 39.3 Å². The van der Waals surface area contributed by atoms with Crippen LogP contribution in [0.4, 0.5) is 14.5 Å². The largest absolute Gasteiger partial charge is 0.489 e. The third kappa shape index (κ3) is 6.58. The number of aromatic nitrogens is 2. The van der Waals surface area contributed by atoms with Crippen LogP contribution in [0.5, 0.6) is 5.75 Å². The van der Waals surface area contributed by atoms with Crippen molar-refractivity contribution in [2.75, 3.05) is 50.7 Å². The van der Waals surface area contributed by atoms with Crippen LogP contribution < -0.4 is 14.8 Å². The monoisotopic (exact) mass is 621 g/mol. The molecular formula is C31H33F2N7O3S. The lowest BCUT2D eigenvalue weighted by atomic mass is 10.0. The molecule has 10 nitrogen and oxygen atoms in total. The lowest BCUT2D eigenvalue weighted by molar-refractivity contribution is 0.0854. The third-order valence-electron chi connectivity index (χ3n) is 8.44. The molecule has 0 bridgehead atoms. The van der Waals surface area contributed by atoms with Gasteiger partial charge in [-0.3, -0.25) is 4.90 Å². The molecule has 2 aliphatic heterocycles. The van der Waals surface area contributed by atoms with Crippen molar-refractivity contribution in [3.05, 3.63) is 71.2 Å². The highest BCUT2D eigenvalue weighted by atomic mass is 32.2. The summed E-state index contributed by atoms with van der Waals surface area (Å²) in [4.78, 5) is 13.1. The molecule has 2 fully saturated rings. The molecule has 44 heavy (non-hydrogen) atoms. The van der Waals surface area contributed by atoms with Gasteiger partial charge in [-0.25, -0.2) is 23.9 Å². The van der Waals surface area contributed by atoms with Crippen LogP contribution in [-0.4, -0.2) is 85.9 Å². The van der Waals surface area contributed by atoms with E-state index in [0.29, 0.717) is 56.8 Å². The predicted molar refractivity (Wildman–Crippen MR) is 163 cm³/mol. The molecule has 230 valence electrons. The number of ether oxygens (including phenoxy) is 1. The molecule has 2 aromatic carbocycles. The van der Waals surface area contributed by atoms with Gasteiger partial charge in [-0.05, 0) is 60.4 Å². The van der Waals surface area contributed by atoms with Crippen LogP contribution in [-0.2, 0) is 16.6 Å². The predicted octanol–water partition coefficient (Wildman–Crippen LogP) is 3.55. The Kier molecular flexibility index (Phi) is 8.59. The van der Waals surface area contributed by atoms with Crippen LogP contribution in [0, 0.1) is 11.3 Å². The summed E-state index contributed by atoms with van der Waals surface area (Å²) in [6.07, 6.45) is 2.72. The van der Waals surface area contributed by atoms with Gasteiger partial charge in [0, 0.05) is 62.5 Å². The second-order valence-corrected chi connectivity index (χ2v) is 12.8. The van der Waals surface area contributed by atoms with Crippen molar-refractivity contribution >= 4 is 27.5 Å². The Bertz CT molecular complexity index is 1690. The van der Waals surface area contributed by atoms with Crippen LogP contribution in [0.3, 0.4) is 0 Å². The number of nitrogens with zero attached hydrogens (tertiary/aromatic N) is 6. The maximum absolute atomic E-state index is 12.7. The smallest absolute Gasteiger partial charge is 0.276 e. The van der Waals surface area contributed by atoms with Crippen LogP contribution in [0.15, 0.2) is 48.8 Å². The van der Waals surface area contributed by atoms with Crippen LogP contribution in [0.2, 0.25) is 0 Å². The fraction of sp³-hybridized carbons (Fsp3) is 0.387. The number of halogens is 2. The Hall–Kier alpha value is -3.96. The van der Waals surface area contributed by atoms with Gasteiger partial charge in [0.25, 0.3) is 16.6 Å². The average molecular weight is 622 g/mol. The van der Waals surface area contributed by atoms with Gasteiger partial charge in [-0.1, -0.05) is 12.1 Å². The number of nitriles is 1. The molecule has 3 heterocycles. The zero-order valence-electron chi connectivity index (χ0n) is 24.1. The summed E-state index contributed by atoms with van der Waals surface area (Å²) >= 11 is 0. The number of nitrogens with two attached hydrogens (primary N) is 1. The molecule has 0 unspecified atom stereocenters. The summed E-state index contributed by atoms with van der Waals surface area (Å²) in [5.74, 6) is 0.447. The molecule has 0 amide bonds. The first-order valence-corrected chi connectivity index (χ1v) is 16.1. The van der Waals surface area contributed by atoms with Crippen molar-refractivity contribution in [3.63, 3.8) is 0 Å². The van der Waals surface area contributed by atoms with Crippen LogP contribution in [0.1, 0.15) is 35.2 Å². The minimum absolute atomic E-state index is 0.174. The van der Waals surface area contributed by atoms with E-state index < -0.39 is 16.6 Å². The van der Waals surface area contributed by atoms with Crippen LogP contribution >= 0.6 is 0 Å². The Morgan fingerprint density at radius 2 is 1.70 bits per heavy atom. The molecule has 3 aliphatic rings. The zero-order valence-corrected chi connectivity index (χ0v) is 24.9. The Balaban J connectivity index is 1.15. The number of hydrogen-bond donors (Lipinski definition) is 1. The first kappa shape index (κ1) is 30.1. The maximum atomic E-state index is 12.7. The quantitative estimate of drug-likeness (QED) is 0.405. The first-order chi connectivity index (χ1) is 21.2. The summed E-state index contributed by atoms with van der Waals surface area (Å²) < 4.78 is 56.0. The molecule has 0 saturated carbocycles. The van der Waals surface area contributed by atoms with Crippen molar-refractivity contribution in [2.45, 2.75) is 31.8 Å². The van der Waals surface area contributed by atoms with E-state index in [9.17, 15) is 22.5 Å². The van der Waals surface area contributed by atoms with E-state index in [1.165, 1.54) is 10.6 Å². The van der Waals surface area contributed by atoms with Gasteiger partial charge in [-0.2, -0.15) is 18.0 Å². The van der Waals surface area contributed by atoms with E-state index in [2.05, 4.69) is 51.3 Å². The highest BCUT2D eigenvalue weighted by Gasteiger charge is 2.27. The van der Waals surface area contributed by atoms with Gasteiger partial charge in [0.15, 0.2) is 0 Å². The van der Waals surface area contributed by atoms with E-state index in [1.54, 1.807) is 17.0 Å². The second-order valence-electron chi connectivity index (χ2n) is 11.2. The Morgan fingerprint density at radius 3 is 2.36 bits per heavy atom. The SMILES string of the molecule is N#Cc1cc(-c2ncnc3c2C=C(c2ccc(N4CCN(CC(F)F)CC4)cc2)C3)ccc1OC1CCN(S(N)(=O)=O)CC1. The van der Waals surface area contributed by atoms with E-state index in [-0.39, 0.29) is 25.7 Å². The van der Waals surface area contributed by atoms with Crippen molar-refractivity contribution < 1.29 is 21.9 Å². The minimum atomic E-state index is -3.72. The number of allylic oxidation sites excluding steroid dienone is 1. The Labute approximate surface area is 255 Å². The van der Waals surface area contributed by atoms with Crippen molar-refractivity contribution in [2.24, 2.45) is 5.14 Å². The topological polar surface area (TPSA) is 129 Å². The zero-order chi connectivity index (χ0) is 30.8. The number of piperazine rings is 1. The first-order valence-electron chi connectivity index (χ1n) is 14.6. The normalized spacial score (nSPS) is 18.2. The number of hydrogen-bond acceptors (Lipinski definition) is 8. The van der Waals surface area contributed by atoms with Gasteiger partial charge in [0.1, 0.15) is 24.3 Å². The lowest BCUT2D eigenvalue weighted by Gasteiger charge is -2.36. The molecule has 6 rings (SSSR count). The fourth-order valence-electron chi connectivity index (χ4n) is 6.07. The summed E-state index contributed by atoms with van der Waals surface area (Å²) in [5.41, 5.74) is 6.95. The number of fused-ring (bicyclic) bond motifs is 1. The van der Waals surface area contributed by atoms with E-state index in [4.69, 9.17) is 9.88 Å². The summed E-state index contributed by atoms with van der Waals surface area (Å²) in [5, 5.41) is 15.1. The number of rotatable bonds is 8. The summed E-state index contributed by atoms with van der Waals surface area (Å²) in [6.45, 7) is 3.04. The van der Waals surface area contributed by atoms with E-state index in [1.807, 2.05) is 6.07 Å².